The molecule has 2 aromatic carbocycles. The Labute approximate surface area is 115 Å². The summed E-state index contributed by atoms with van der Waals surface area (Å²) in [5.41, 5.74) is 1.84. The molecule has 18 heavy (non-hydrogen) atoms. The van der Waals surface area contributed by atoms with E-state index in [1.54, 1.807) is 23.9 Å². The largest absolute Gasteiger partial charge is 0.293 e. The summed E-state index contributed by atoms with van der Waals surface area (Å²) in [5, 5.41) is 0.611. The van der Waals surface area contributed by atoms with E-state index in [-0.39, 0.29) is 11.7 Å². The Bertz CT molecular complexity index is 609. The quantitative estimate of drug-likeness (QED) is 0.755. The van der Waals surface area contributed by atoms with Crippen LogP contribution in [0.15, 0.2) is 53.4 Å². The lowest BCUT2D eigenvalue weighted by Gasteiger charge is -2.09. The highest BCUT2D eigenvalue weighted by molar-refractivity contribution is 7.99. The maximum atomic E-state index is 12.5. The number of halogens is 1. The van der Waals surface area contributed by atoms with Crippen LogP contribution in [-0.2, 0) is 0 Å². The zero-order chi connectivity index (χ0) is 12.5. The van der Waals surface area contributed by atoms with Gasteiger partial charge >= 0.3 is 0 Å². The van der Waals surface area contributed by atoms with Crippen molar-refractivity contribution in [3.8, 4) is 0 Å². The summed E-state index contributed by atoms with van der Waals surface area (Å²) in [5.74, 6) is 0.949. The maximum Gasteiger partial charge on any atom is 0.171 e. The van der Waals surface area contributed by atoms with Crippen molar-refractivity contribution in [3.05, 3.63) is 64.7 Å². The van der Waals surface area contributed by atoms with E-state index in [1.165, 1.54) is 4.90 Å². The molecule has 1 nitrogen and oxygen atoms in total. The molecular weight excluding hydrogens is 264 g/mol. The summed E-state index contributed by atoms with van der Waals surface area (Å²) >= 11 is 7.69. The van der Waals surface area contributed by atoms with E-state index in [2.05, 4.69) is 6.07 Å². The van der Waals surface area contributed by atoms with Gasteiger partial charge in [-0.1, -0.05) is 41.9 Å². The van der Waals surface area contributed by atoms with Gasteiger partial charge in [0.15, 0.2) is 5.78 Å². The van der Waals surface area contributed by atoms with Gasteiger partial charge in [-0.3, -0.25) is 4.79 Å². The molecule has 0 radical (unpaired) electrons. The third-order valence-electron chi connectivity index (χ3n) is 3.13. The third-order valence-corrected chi connectivity index (χ3v) is 4.54. The van der Waals surface area contributed by atoms with Crippen molar-refractivity contribution in [2.24, 2.45) is 0 Å². The highest BCUT2D eigenvalue weighted by atomic mass is 35.5. The normalized spacial score (nSPS) is 17.5. The van der Waals surface area contributed by atoms with E-state index in [0.29, 0.717) is 10.6 Å². The highest BCUT2D eigenvalue weighted by Crippen LogP contribution is 2.40. The topological polar surface area (TPSA) is 17.1 Å². The molecule has 0 spiro atoms. The number of ketones is 1. The Hall–Kier alpha value is -1.25. The molecule has 0 amide bonds. The lowest BCUT2D eigenvalue weighted by molar-refractivity contribution is 0.0968. The number of fused-ring (bicyclic) bond motifs is 1. The van der Waals surface area contributed by atoms with Crippen molar-refractivity contribution in [3.63, 3.8) is 0 Å². The predicted octanol–water partition coefficient (Wildman–Crippen LogP) is 4.41. The van der Waals surface area contributed by atoms with Crippen LogP contribution in [0.5, 0.6) is 0 Å². The van der Waals surface area contributed by atoms with Crippen LogP contribution in [0.4, 0.5) is 0 Å². The first-order chi connectivity index (χ1) is 8.75. The molecule has 1 aliphatic rings. The monoisotopic (exact) mass is 274 g/mol. The third kappa shape index (κ3) is 2.06. The second kappa shape index (κ2) is 4.79. The van der Waals surface area contributed by atoms with Gasteiger partial charge in [-0.2, -0.15) is 0 Å². The van der Waals surface area contributed by atoms with Crippen LogP contribution in [-0.4, -0.2) is 11.5 Å². The number of carbonyl (C=O) groups excluding carboxylic acids is 1. The summed E-state index contributed by atoms with van der Waals surface area (Å²) in [4.78, 5) is 13.7. The number of rotatable bonds is 2. The number of Topliss-reactive ketones (excluding diaryl/α,β-unsaturated/α-hetero) is 1. The van der Waals surface area contributed by atoms with Crippen LogP contribution in [0.2, 0.25) is 5.02 Å². The molecule has 0 saturated heterocycles. The number of hydrogen-bond acceptors (Lipinski definition) is 2. The van der Waals surface area contributed by atoms with Gasteiger partial charge in [0.1, 0.15) is 0 Å². The number of benzene rings is 2. The van der Waals surface area contributed by atoms with E-state index in [0.717, 1.165) is 11.3 Å². The van der Waals surface area contributed by atoms with Crippen LogP contribution in [0.1, 0.15) is 21.8 Å². The lowest BCUT2D eigenvalue weighted by Crippen LogP contribution is -2.12. The Morgan fingerprint density at radius 2 is 2.00 bits per heavy atom. The van der Waals surface area contributed by atoms with E-state index >= 15 is 0 Å². The molecule has 2 aromatic rings. The molecule has 90 valence electrons. The molecule has 0 aromatic heterocycles. The van der Waals surface area contributed by atoms with Crippen molar-refractivity contribution in [2.75, 3.05) is 5.75 Å². The molecule has 3 rings (SSSR count). The van der Waals surface area contributed by atoms with Gasteiger partial charge in [0.25, 0.3) is 0 Å². The van der Waals surface area contributed by atoms with Crippen LogP contribution in [0.25, 0.3) is 0 Å². The summed E-state index contributed by atoms with van der Waals surface area (Å²) in [6.07, 6.45) is 0. The fourth-order valence-electron chi connectivity index (χ4n) is 2.22. The lowest BCUT2D eigenvalue weighted by atomic mass is 9.92. The first-order valence-corrected chi connectivity index (χ1v) is 7.13. The Kier molecular flexibility index (Phi) is 3.14. The van der Waals surface area contributed by atoms with Crippen molar-refractivity contribution in [2.45, 2.75) is 10.8 Å². The van der Waals surface area contributed by atoms with Crippen molar-refractivity contribution >= 4 is 29.1 Å². The molecule has 0 aliphatic carbocycles. The summed E-state index contributed by atoms with van der Waals surface area (Å²) in [6.45, 7) is 0. The number of carbonyl (C=O) groups is 1. The number of thioether (sulfide) groups is 1. The average Bonchev–Trinajstić information content (AvgIpc) is 2.82. The fourth-order valence-corrected chi connectivity index (χ4v) is 3.64. The Morgan fingerprint density at radius 3 is 2.83 bits per heavy atom. The van der Waals surface area contributed by atoms with Gasteiger partial charge in [-0.15, -0.1) is 11.8 Å². The zero-order valence-corrected chi connectivity index (χ0v) is 11.2. The van der Waals surface area contributed by atoms with E-state index in [1.807, 2.05) is 30.3 Å². The van der Waals surface area contributed by atoms with Gasteiger partial charge in [0.2, 0.25) is 0 Å². The standard InChI is InChI=1S/C15H11ClOS/c16-11-5-3-4-10(8-11)15(17)13-9-18-14-7-2-1-6-12(13)14/h1-8,13H,9H2. The first kappa shape index (κ1) is 11.8. The number of hydrogen-bond donors (Lipinski definition) is 0. The fraction of sp³-hybridized carbons (Fsp3) is 0.133. The Morgan fingerprint density at radius 1 is 1.17 bits per heavy atom. The second-order valence-corrected chi connectivity index (χ2v) is 5.77. The molecule has 0 fully saturated rings. The predicted molar refractivity (Wildman–Crippen MR) is 75.7 cm³/mol. The van der Waals surface area contributed by atoms with Crippen LogP contribution >= 0.6 is 23.4 Å². The Balaban J connectivity index is 1.96. The minimum absolute atomic E-state index is 0.0373. The summed E-state index contributed by atoms with van der Waals surface area (Å²) in [6, 6.07) is 15.3. The van der Waals surface area contributed by atoms with Crippen LogP contribution in [0, 0.1) is 0 Å². The molecule has 0 N–H and O–H groups in total. The summed E-state index contributed by atoms with van der Waals surface area (Å²) in [7, 11) is 0. The highest BCUT2D eigenvalue weighted by Gasteiger charge is 2.29. The van der Waals surface area contributed by atoms with Crippen molar-refractivity contribution in [1.82, 2.24) is 0 Å². The van der Waals surface area contributed by atoms with E-state index in [4.69, 9.17) is 11.6 Å². The average molecular weight is 275 g/mol. The van der Waals surface area contributed by atoms with E-state index < -0.39 is 0 Å². The minimum Gasteiger partial charge on any atom is -0.293 e. The molecular formula is C15H11ClOS. The molecule has 0 bridgehead atoms. The van der Waals surface area contributed by atoms with Crippen molar-refractivity contribution < 1.29 is 4.79 Å². The van der Waals surface area contributed by atoms with Crippen LogP contribution < -0.4 is 0 Å². The van der Waals surface area contributed by atoms with Crippen LogP contribution in [0.3, 0.4) is 0 Å². The first-order valence-electron chi connectivity index (χ1n) is 5.77. The van der Waals surface area contributed by atoms with Gasteiger partial charge in [0, 0.05) is 21.2 Å². The van der Waals surface area contributed by atoms with Gasteiger partial charge < -0.3 is 0 Å². The second-order valence-electron chi connectivity index (χ2n) is 4.28. The molecule has 3 heteroatoms. The zero-order valence-electron chi connectivity index (χ0n) is 9.60. The molecule has 0 saturated carbocycles. The van der Waals surface area contributed by atoms with Gasteiger partial charge in [0.05, 0.1) is 5.92 Å². The van der Waals surface area contributed by atoms with Gasteiger partial charge in [-0.05, 0) is 23.8 Å². The minimum atomic E-state index is -0.0373. The van der Waals surface area contributed by atoms with Crippen molar-refractivity contribution in [1.29, 1.82) is 0 Å². The summed E-state index contributed by atoms with van der Waals surface area (Å²) < 4.78 is 0. The molecule has 1 unspecified atom stereocenters. The van der Waals surface area contributed by atoms with Gasteiger partial charge in [-0.25, -0.2) is 0 Å². The maximum absolute atomic E-state index is 12.5. The SMILES string of the molecule is O=C(c1cccc(Cl)c1)C1CSc2ccccc21. The molecule has 1 atom stereocenters. The smallest absolute Gasteiger partial charge is 0.171 e. The van der Waals surface area contributed by atoms with E-state index in [9.17, 15) is 4.79 Å². The molecule has 1 heterocycles. The molecule has 1 aliphatic heterocycles.